The third kappa shape index (κ3) is 1.63. The van der Waals surface area contributed by atoms with Crippen LogP contribution in [0.2, 0.25) is 0 Å². The SMILES string of the molecule is CC1=C(C)C(=O)N(C(CO)C(=O)O)C1=O. The number of nitrogens with zero attached hydrogens (tertiary/aromatic N) is 1. The number of aliphatic carboxylic acids is 1. The van der Waals surface area contributed by atoms with Crippen molar-refractivity contribution < 1.29 is 24.6 Å². The number of amides is 2. The third-order valence-corrected chi connectivity index (χ3v) is 2.41. The highest BCUT2D eigenvalue weighted by atomic mass is 16.4. The Morgan fingerprint density at radius 1 is 1.27 bits per heavy atom. The van der Waals surface area contributed by atoms with Crippen molar-refractivity contribution in [1.82, 2.24) is 4.90 Å². The summed E-state index contributed by atoms with van der Waals surface area (Å²) in [6.07, 6.45) is 0. The van der Waals surface area contributed by atoms with Crippen LogP contribution in [0.15, 0.2) is 11.1 Å². The maximum absolute atomic E-state index is 11.5. The van der Waals surface area contributed by atoms with Gasteiger partial charge < -0.3 is 10.2 Å². The molecule has 0 radical (unpaired) electrons. The molecule has 1 aliphatic heterocycles. The lowest BCUT2D eigenvalue weighted by Crippen LogP contribution is -2.47. The van der Waals surface area contributed by atoms with Crippen LogP contribution >= 0.6 is 0 Å². The van der Waals surface area contributed by atoms with E-state index in [1.807, 2.05) is 0 Å². The number of carboxylic acids is 1. The van der Waals surface area contributed by atoms with Crippen molar-refractivity contribution in [3.8, 4) is 0 Å². The van der Waals surface area contributed by atoms with Crippen LogP contribution in [-0.2, 0) is 14.4 Å². The van der Waals surface area contributed by atoms with E-state index in [1.165, 1.54) is 13.8 Å². The van der Waals surface area contributed by atoms with Crippen molar-refractivity contribution in [1.29, 1.82) is 0 Å². The molecule has 2 amide bonds. The summed E-state index contributed by atoms with van der Waals surface area (Å²) in [6, 6.07) is -1.50. The molecule has 6 heteroatoms. The number of aliphatic hydroxyl groups excluding tert-OH is 1. The van der Waals surface area contributed by atoms with Crippen LogP contribution < -0.4 is 0 Å². The second-order valence-electron chi connectivity index (χ2n) is 3.27. The standard InChI is InChI=1S/C9H11NO5/c1-4-5(2)8(13)10(7(4)12)6(3-11)9(14)15/h6,11H,3H2,1-2H3,(H,14,15). The van der Waals surface area contributed by atoms with Gasteiger partial charge in [-0.25, -0.2) is 4.79 Å². The van der Waals surface area contributed by atoms with Crippen LogP contribution in [0.3, 0.4) is 0 Å². The molecule has 1 unspecified atom stereocenters. The van der Waals surface area contributed by atoms with Crippen molar-refractivity contribution in [2.24, 2.45) is 0 Å². The van der Waals surface area contributed by atoms with Crippen LogP contribution in [0.1, 0.15) is 13.8 Å². The Labute approximate surface area is 85.8 Å². The molecule has 0 aromatic rings. The Morgan fingerprint density at radius 2 is 1.67 bits per heavy atom. The summed E-state index contributed by atoms with van der Waals surface area (Å²) in [4.78, 5) is 34.3. The van der Waals surface area contributed by atoms with E-state index in [2.05, 4.69) is 0 Å². The second kappa shape index (κ2) is 3.82. The lowest BCUT2D eigenvalue weighted by Gasteiger charge is -2.20. The van der Waals surface area contributed by atoms with Gasteiger partial charge in [0, 0.05) is 11.1 Å². The Bertz CT molecular complexity index is 347. The summed E-state index contributed by atoms with van der Waals surface area (Å²) in [5.74, 6) is -2.71. The molecule has 0 bridgehead atoms. The van der Waals surface area contributed by atoms with E-state index >= 15 is 0 Å². The molecule has 0 aliphatic carbocycles. The van der Waals surface area contributed by atoms with E-state index in [-0.39, 0.29) is 11.1 Å². The topological polar surface area (TPSA) is 94.9 Å². The molecule has 82 valence electrons. The molecule has 6 nitrogen and oxygen atoms in total. The van der Waals surface area contributed by atoms with E-state index in [0.29, 0.717) is 4.90 Å². The molecule has 0 spiro atoms. The fourth-order valence-corrected chi connectivity index (χ4v) is 1.33. The first-order valence-corrected chi connectivity index (χ1v) is 4.30. The van der Waals surface area contributed by atoms with Gasteiger partial charge in [0.2, 0.25) is 0 Å². The average Bonchev–Trinajstić information content (AvgIpc) is 2.36. The van der Waals surface area contributed by atoms with Crippen LogP contribution in [-0.4, -0.2) is 45.5 Å². The molecule has 1 aliphatic rings. The molecule has 0 aromatic heterocycles. The predicted octanol–water partition coefficient (Wildman–Crippen LogP) is -0.863. The van der Waals surface area contributed by atoms with Gasteiger partial charge in [0.15, 0.2) is 6.04 Å². The maximum atomic E-state index is 11.5. The Kier molecular flexibility index (Phi) is 2.90. The molecule has 15 heavy (non-hydrogen) atoms. The monoisotopic (exact) mass is 213 g/mol. The molecule has 1 rings (SSSR count). The number of carbonyl (C=O) groups is 3. The number of imide groups is 1. The molecule has 0 saturated heterocycles. The Morgan fingerprint density at radius 3 is 1.93 bits per heavy atom. The van der Waals surface area contributed by atoms with Gasteiger partial charge in [-0.1, -0.05) is 0 Å². The Hall–Kier alpha value is -1.69. The van der Waals surface area contributed by atoms with E-state index < -0.39 is 30.4 Å². The Balaban J connectivity index is 3.06. The van der Waals surface area contributed by atoms with Gasteiger partial charge in [-0.3, -0.25) is 14.5 Å². The molecule has 2 N–H and O–H groups in total. The molecule has 0 aromatic carbocycles. The minimum Gasteiger partial charge on any atom is -0.480 e. The van der Waals surface area contributed by atoms with Crippen molar-refractivity contribution in [2.45, 2.75) is 19.9 Å². The first kappa shape index (κ1) is 11.4. The van der Waals surface area contributed by atoms with Gasteiger partial charge in [-0.05, 0) is 13.8 Å². The molecular weight excluding hydrogens is 202 g/mol. The average molecular weight is 213 g/mol. The van der Waals surface area contributed by atoms with Gasteiger partial charge in [0.25, 0.3) is 11.8 Å². The minimum atomic E-state index is -1.50. The number of aliphatic hydroxyl groups is 1. The van der Waals surface area contributed by atoms with Gasteiger partial charge >= 0.3 is 5.97 Å². The number of carboxylic acid groups (broad SMARTS) is 1. The summed E-state index contributed by atoms with van der Waals surface area (Å²) in [5.41, 5.74) is 0.444. The summed E-state index contributed by atoms with van der Waals surface area (Å²) in [6.45, 7) is 2.12. The van der Waals surface area contributed by atoms with Crippen molar-refractivity contribution in [3.63, 3.8) is 0 Å². The van der Waals surface area contributed by atoms with Crippen LogP contribution in [0.5, 0.6) is 0 Å². The van der Waals surface area contributed by atoms with E-state index in [4.69, 9.17) is 10.2 Å². The number of hydrogen-bond acceptors (Lipinski definition) is 4. The zero-order valence-electron chi connectivity index (χ0n) is 8.35. The summed E-state index contributed by atoms with van der Waals surface area (Å²) in [5, 5.41) is 17.5. The maximum Gasteiger partial charge on any atom is 0.329 e. The quantitative estimate of drug-likeness (QED) is 0.594. The molecule has 0 saturated carbocycles. The zero-order valence-corrected chi connectivity index (χ0v) is 8.35. The van der Waals surface area contributed by atoms with E-state index in [9.17, 15) is 14.4 Å². The van der Waals surface area contributed by atoms with Crippen molar-refractivity contribution in [2.75, 3.05) is 6.61 Å². The lowest BCUT2D eigenvalue weighted by molar-refractivity contribution is -0.155. The number of carbonyl (C=O) groups excluding carboxylic acids is 2. The van der Waals surface area contributed by atoms with Gasteiger partial charge in [-0.15, -0.1) is 0 Å². The first-order chi connectivity index (χ1) is 6.91. The summed E-state index contributed by atoms with van der Waals surface area (Å²) in [7, 11) is 0. The largest absolute Gasteiger partial charge is 0.480 e. The lowest BCUT2D eigenvalue weighted by atomic mass is 10.2. The normalized spacial score (nSPS) is 18.7. The number of rotatable bonds is 3. The van der Waals surface area contributed by atoms with Gasteiger partial charge in [0.05, 0.1) is 6.61 Å². The molecule has 0 fully saturated rings. The first-order valence-electron chi connectivity index (χ1n) is 4.30. The van der Waals surface area contributed by atoms with Crippen LogP contribution in [0.25, 0.3) is 0 Å². The second-order valence-corrected chi connectivity index (χ2v) is 3.27. The van der Waals surface area contributed by atoms with E-state index in [1.54, 1.807) is 0 Å². The minimum absolute atomic E-state index is 0.222. The zero-order chi connectivity index (χ0) is 11.7. The molecular formula is C9H11NO5. The molecule has 1 heterocycles. The van der Waals surface area contributed by atoms with Crippen LogP contribution in [0.4, 0.5) is 0 Å². The molecule has 1 atom stereocenters. The summed E-state index contributed by atoms with van der Waals surface area (Å²) >= 11 is 0. The van der Waals surface area contributed by atoms with Crippen molar-refractivity contribution in [3.05, 3.63) is 11.1 Å². The summed E-state index contributed by atoms with van der Waals surface area (Å²) < 4.78 is 0. The van der Waals surface area contributed by atoms with E-state index in [0.717, 1.165) is 0 Å². The van der Waals surface area contributed by atoms with Crippen LogP contribution in [0, 0.1) is 0 Å². The highest BCUT2D eigenvalue weighted by Gasteiger charge is 2.41. The predicted molar refractivity (Wildman–Crippen MR) is 48.7 cm³/mol. The third-order valence-electron chi connectivity index (χ3n) is 2.41. The van der Waals surface area contributed by atoms with Crippen molar-refractivity contribution >= 4 is 17.8 Å². The smallest absolute Gasteiger partial charge is 0.329 e. The highest BCUT2D eigenvalue weighted by Crippen LogP contribution is 2.21. The van der Waals surface area contributed by atoms with Gasteiger partial charge in [-0.2, -0.15) is 0 Å². The fourth-order valence-electron chi connectivity index (χ4n) is 1.33. The number of hydrogen-bond donors (Lipinski definition) is 2. The fraction of sp³-hybridized carbons (Fsp3) is 0.444. The van der Waals surface area contributed by atoms with Gasteiger partial charge in [0.1, 0.15) is 0 Å². The highest BCUT2D eigenvalue weighted by molar-refractivity contribution is 6.20.